The monoisotopic (exact) mass is 233 g/mol. The van der Waals surface area contributed by atoms with Crippen LogP contribution in [0, 0.1) is 5.92 Å². The molecule has 1 atom stereocenters. The number of carbonyl (C=O) groups is 1. The molecule has 1 aliphatic rings. The van der Waals surface area contributed by atoms with E-state index in [1.165, 1.54) is 0 Å². The number of nitrogens with two attached hydrogens (primary N) is 1. The molecule has 1 aromatic carbocycles. The molecule has 0 aliphatic heterocycles. The molecule has 0 bridgehead atoms. The molecule has 92 valence electrons. The van der Waals surface area contributed by atoms with Crippen molar-refractivity contribution in [3.8, 4) is 5.75 Å². The molecule has 0 amide bonds. The summed E-state index contributed by atoms with van der Waals surface area (Å²) in [5.74, 6) is 0.919. The summed E-state index contributed by atoms with van der Waals surface area (Å²) in [6.07, 6.45) is 3.47. The lowest BCUT2D eigenvalue weighted by Gasteiger charge is -2.11. The molecule has 2 N–H and O–H groups in total. The van der Waals surface area contributed by atoms with Crippen LogP contribution in [0.25, 0.3) is 0 Å². The Morgan fingerprint density at radius 1 is 1.41 bits per heavy atom. The van der Waals surface area contributed by atoms with Crippen LogP contribution in [0.2, 0.25) is 0 Å². The molecule has 3 nitrogen and oxygen atoms in total. The summed E-state index contributed by atoms with van der Waals surface area (Å²) in [7, 11) is 0. The van der Waals surface area contributed by atoms with Gasteiger partial charge in [-0.25, -0.2) is 0 Å². The number of benzene rings is 1. The number of rotatable bonds is 6. The van der Waals surface area contributed by atoms with Crippen molar-refractivity contribution >= 4 is 5.78 Å². The third kappa shape index (κ3) is 3.07. The van der Waals surface area contributed by atoms with Crippen molar-refractivity contribution in [2.24, 2.45) is 11.7 Å². The summed E-state index contributed by atoms with van der Waals surface area (Å²) in [4.78, 5) is 12.0. The summed E-state index contributed by atoms with van der Waals surface area (Å²) in [6.45, 7) is 2.40. The first-order valence-corrected chi connectivity index (χ1v) is 6.25. The number of hydrogen-bond donors (Lipinski definition) is 1. The Hall–Kier alpha value is -1.35. The summed E-state index contributed by atoms with van der Waals surface area (Å²) < 4.78 is 5.64. The zero-order valence-electron chi connectivity index (χ0n) is 10.2. The highest BCUT2D eigenvalue weighted by atomic mass is 16.5. The molecular formula is C14H19NO2. The number of ketones is 1. The molecule has 0 radical (unpaired) electrons. The van der Waals surface area contributed by atoms with Crippen LogP contribution >= 0.6 is 0 Å². The number of hydrogen-bond acceptors (Lipinski definition) is 3. The topological polar surface area (TPSA) is 52.3 Å². The van der Waals surface area contributed by atoms with Gasteiger partial charge in [0.1, 0.15) is 5.75 Å². The minimum Gasteiger partial charge on any atom is -0.490 e. The average molecular weight is 233 g/mol. The fraction of sp³-hybridized carbons (Fsp3) is 0.500. The second-order valence-corrected chi connectivity index (χ2v) is 4.55. The predicted octanol–water partition coefficient (Wildman–Crippen LogP) is 2.40. The van der Waals surface area contributed by atoms with Gasteiger partial charge in [0.15, 0.2) is 5.78 Å². The first-order chi connectivity index (χ1) is 8.24. The Labute approximate surface area is 102 Å². The lowest BCUT2D eigenvalue weighted by Crippen LogP contribution is -2.22. The Bertz CT molecular complexity index is 378. The van der Waals surface area contributed by atoms with Crippen LogP contribution in [0.1, 0.15) is 36.5 Å². The molecule has 0 saturated heterocycles. The number of Topliss-reactive ketones (excluding diaryl/α,β-unsaturated/α-hetero) is 1. The smallest absolute Gasteiger partial charge is 0.167 e. The molecular weight excluding hydrogens is 214 g/mol. The highest BCUT2D eigenvalue weighted by Gasteiger charge is 2.23. The van der Waals surface area contributed by atoms with Gasteiger partial charge in [0.2, 0.25) is 0 Å². The van der Waals surface area contributed by atoms with Crippen LogP contribution in [0.4, 0.5) is 0 Å². The van der Waals surface area contributed by atoms with E-state index in [-0.39, 0.29) is 11.7 Å². The van der Waals surface area contributed by atoms with Crippen molar-refractivity contribution in [3.05, 3.63) is 29.8 Å². The fourth-order valence-electron chi connectivity index (χ4n) is 1.77. The summed E-state index contributed by atoms with van der Waals surface area (Å²) in [5.41, 5.74) is 6.31. The number of ether oxygens (including phenoxy) is 1. The van der Waals surface area contributed by atoms with Gasteiger partial charge in [-0.05, 0) is 43.5 Å². The molecule has 3 heteroatoms. The number of carbonyl (C=O) groups excluding carboxylic acids is 1. The first-order valence-electron chi connectivity index (χ1n) is 6.25. The standard InChI is InChI=1S/C14H19NO2/c1-2-10(9-15)14(16)11-3-5-12(6-4-11)17-13-7-8-13/h3-6,10,13H,2,7-9,15H2,1H3. The lowest BCUT2D eigenvalue weighted by atomic mass is 9.95. The van der Waals surface area contributed by atoms with Crippen molar-refractivity contribution in [3.63, 3.8) is 0 Å². The Balaban J connectivity index is 2.02. The zero-order chi connectivity index (χ0) is 12.3. The molecule has 1 unspecified atom stereocenters. The zero-order valence-corrected chi connectivity index (χ0v) is 10.2. The molecule has 1 aliphatic carbocycles. The van der Waals surface area contributed by atoms with Crippen LogP contribution in [0.5, 0.6) is 5.75 Å². The summed E-state index contributed by atoms with van der Waals surface area (Å²) >= 11 is 0. The van der Waals surface area contributed by atoms with E-state index in [1.54, 1.807) is 0 Å². The maximum atomic E-state index is 12.0. The maximum Gasteiger partial charge on any atom is 0.167 e. The minimum absolute atomic E-state index is 0.0646. The van der Waals surface area contributed by atoms with Gasteiger partial charge in [-0.3, -0.25) is 4.79 Å². The van der Waals surface area contributed by atoms with E-state index in [4.69, 9.17) is 10.5 Å². The van der Waals surface area contributed by atoms with Gasteiger partial charge in [0.25, 0.3) is 0 Å². The molecule has 17 heavy (non-hydrogen) atoms. The SMILES string of the molecule is CCC(CN)C(=O)c1ccc(OC2CC2)cc1. The van der Waals surface area contributed by atoms with Crippen LogP contribution < -0.4 is 10.5 Å². The van der Waals surface area contributed by atoms with E-state index in [1.807, 2.05) is 31.2 Å². The van der Waals surface area contributed by atoms with E-state index in [0.717, 1.165) is 30.6 Å². The average Bonchev–Trinajstić information content (AvgIpc) is 3.15. The largest absolute Gasteiger partial charge is 0.490 e. The summed E-state index contributed by atoms with van der Waals surface area (Å²) in [6, 6.07) is 7.40. The third-order valence-electron chi connectivity index (χ3n) is 3.11. The van der Waals surface area contributed by atoms with E-state index in [2.05, 4.69) is 0 Å². The molecule has 0 heterocycles. The Kier molecular flexibility index (Phi) is 3.79. The van der Waals surface area contributed by atoms with Gasteiger partial charge in [0.05, 0.1) is 6.10 Å². The second-order valence-electron chi connectivity index (χ2n) is 4.55. The normalized spacial score (nSPS) is 16.6. The van der Waals surface area contributed by atoms with Crippen LogP contribution in [-0.4, -0.2) is 18.4 Å². The van der Waals surface area contributed by atoms with E-state index < -0.39 is 0 Å². The van der Waals surface area contributed by atoms with Gasteiger partial charge < -0.3 is 10.5 Å². The van der Waals surface area contributed by atoms with Gasteiger partial charge in [-0.15, -0.1) is 0 Å². The molecule has 1 saturated carbocycles. The fourth-order valence-corrected chi connectivity index (χ4v) is 1.77. The van der Waals surface area contributed by atoms with Gasteiger partial charge in [0, 0.05) is 18.0 Å². The maximum absolute atomic E-state index is 12.0. The molecule has 2 rings (SSSR count). The second kappa shape index (κ2) is 5.32. The summed E-state index contributed by atoms with van der Waals surface area (Å²) in [5, 5.41) is 0. The van der Waals surface area contributed by atoms with Crippen molar-refractivity contribution in [1.82, 2.24) is 0 Å². The van der Waals surface area contributed by atoms with Crippen LogP contribution in [-0.2, 0) is 0 Å². The van der Waals surface area contributed by atoms with Crippen molar-refractivity contribution in [1.29, 1.82) is 0 Å². The van der Waals surface area contributed by atoms with Gasteiger partial charge >= 0.3 is 0 Å². The first kappa shape index (κ1) is 12.1. The Morgan fingerprint density at radius 2 is 2.06 bits per heavy atom. The van der Waals surface area contributed by atoms with E-state index in [9.17, 15) is 4.79 Å². The van der Waals surface area contributed by atoms with Crippen LogP contribution in [0.3, 0.4) is 0 Å². The minimum atomic E-state index is -0.0646. The van der Waals surface area contributed by atoms with Crippen molar-refractivity contribution in [2.45, 2.75) is 32.3 Å². The van der Waals surface area contributed by atoms with Crippen LogP contribution in [0.15, 0.2) is 24.3 Å². The molecule has 0 aromatic heterocycles. The van der Waals surface area contributed by atoms with E-state index in [0.29, 0.717) is 12.6 Å². The molecule has 1 aromatic rings. The van der Waals surface area contributed by atoms with Gasteiger partial charge in [-0.1, -0.05) is 6.92 Å². The van der Waals surface area contributed by atoms with Crippen molar-refractivity contribution in [2.75, 3.05) is 6.54 Å². The van der Waals surface area contributed by atoms with Crippen molar-refractivity contribution < 1.29 is 9.53 Å². The molecule has 0 spiro atoms. The third-order valence-corrected chi connectivity index (χ3v) is 3.11. The van der Waals surface area contributed by atoms with E-state index >= 15 is 0 Å². The predicted molar refractivity (Wildman–Crippen MR) is 67.3 cm³/mol. The quantitative estimate of drug-likeness (QED) is 0.767. The highest BCUT2D eigenvalue weighted by molar-refractivity contribution is 5.98. The lowest BCUT2D eigenvalue weighted by molar-refractivity contribution is 0.0921. The van der Waals surface area contributed by atoms with Gasteiger partial charge in [-0.2, -0.15) is 0 Å². The highest BCUT2D eigenvalue weighted by Crippen LogP contribution is 2.27. The molecule has 1 fully saturated rings. The Morgan fingerprint density at radius 3 is 2.53 bits per heavy atom.